The van der Waals surface area contributed by atoms with Crippen molar-refractivity contribution in [1.82, 2.24) is 4.90 Å². The molecule has 0 bridgehead atoms. The van der Waals surface area contributed by atoms with Crippen LogP contribution in [0.25, 0.3) is 0 Å². The van der Waals surface area contributed by atoms with E-state index in [1.54, 1.807) is 0 Å². The molecule has 1 aliphatic rings. The van der Waals surface area contributed by atoms with Gasteiger partial charge in [0, 0.05) is 12.5 Å². The Morgan fingerprint density at radius 1 is 1.46 bits per heavy atom. The van der Waals surface area contributed by atoms with Gasteiger partial charge in [-0.15, -0.1) is 0 Å². The van der Waals surface area contributed by atoms with E-state index in [1.807, 2.05) is 6.92 Å². The maximum Gasteiger partial charge on any atom is 0.121 e. The highest BCUT2D eigenvalue weighted by Crippen LogP contribution is 2.20. The number of halogens is 1. The zero-order valence-electron chi connectivity index (χ0n) is 8.58. The summed E-state index contributed by atoms with van der Waals surface area (Å²) in [7, 11) is 4.17. The molecule has 4 heteroatoms. The molecule has 2 unspecified atom stereocenters. The summed E-state index contributed by atoms with van der Waals surface area (Å²) in [5.41, 5.74) is 0. The molecule has 0 aliphatic carbocycles. The summed E-state index contributed by atoms with van der Waals surface area (Å²) >= 11 is 2.33. The maximum atomic E-state index is 4.47. The van der Waals surface area contributed by atoms with E-state index in [9.17, 15) is 0 Å². The topological polar surface area (TPSA) is 28.0 Å². The van der Waals surface area contributed by atoms with Crippen molar-refractivity contribution < 1.29 is 0 Å². The van der Waals surface area contributed by atoms with Gasteiger partial charge in [0.15, 0.2) is 0 Å². The Hall–Kier alpha value is 0.0300. The van der Waals surface area contributed by atoms with Gasteiger partial charge in [-0.3, -0.25) is 4.99 Å². The molecule has 13 heavy (non-hydrogen) atoms. The third-order valence-electron chi connectivity index (χ3n) is 2.11. The van der Waals surface area contributed by atoms with Crippen molar-refractivity contribution in [3.05, 3.63) is 0 Å². The van der Waals surface area contributed by atoms with Crippen molar-refractivity contribution in [2.45, 2.75) is 19.9 Å². The molecule has 0 N–H and O–H groups in total. The first kappa shape index (κ1) is 11.1. The van der Waals surface area contributed by atoms with Crippen LogP contribution in [0.1, 0.15) is 13.8 Å². The molecule has 0 saturated heterocycles. The van der Waals surface area contributed by atoms with Crippen LogP contribution in [0.2, 0.25) is 0 Å². The lowest BCUT2D eigenvalue weighted by Gasteiger charge is -2.26. The highest BCUT2D eigenvalue weighted by atomic mass is 127. The van der Waals surface area contributed by atoms with Gasteiger partial charge in [0.05, 0.1) is 9.76 Å². The highest BCUT2D eigenvalue weighted by Gasteiger charge is 2.24. The minimum absolute atomic E-state index is 0.367. The number of nitrogens with zero attached hydrogens (tertiary/aromatic N) is 3. The van der Waals surface area contributed by atoms with Gasteiger partial charge in [0.1, 0.15) is 5.84 Å². The Balaban J connectivity index is 2.72. The fraction of sp³-hybridized carbons (Fsp3) is 0.778. The molecule has 0 saturated carbocycles. The van der Waals surface area contributed by atoms with Crippen LogP contribution in [0.5, 0.6) is 0 Å². The van der Waals surface area contributed by atoms with E-state index >= 15 is 0 Å². The fourth-order valence-corrected chi connectivity index (χ4v) is 2.54. The van der Waals surface area contributed by atoms with E-state index < -0.39 is 0 Å². The molecule has 0 aromatic carbocycles. The zero-order chi connectivity index (χ0) is 10.0. The molecular formula is C9H16IN3. The van der Waals surface area contributed by atoms with Gasteiger partial charge in [0.25, 0.3) is 0 Å². The molecule has 0 spiro atoms. The van der Waals surface area contributed by atoms with Gasteiger partial charge >= 0.3 is 0 Å². The Morgan fingerprint density at radius 3 is 2.54 bits per heavy atom. The molecule has 0 radical (unpaired) electrons. The van der Waals surface area contributed by atoms with E-state index in [1.165, 1.54) is 3.72 Å². The van der Waals surface area contributed by atoms with E-state index in [2.05, 4.69) is 58.5 Å². The van der Waals surface area contributed by atoms with Crippen LogP contribution < -0.4 is 0 Å². The number of hydrogen-bond acceptors (Lipinski definition) is 3. The van der Waals surface area contributed by atoms with Gasteiger partial charge in [-0.1, -0.05) is 0 Å². The predicted octanol–water partition coefficient (Wildman–Crippen LogP) is 1.82. The Morgan fingerprint density at radius 2 is 2.08 bits per heavy atom. The smallest absolute Gasteiger partial charge is 0.121 e. The Bertz CT molecular complexity index is 245. The first-order chi connectivity index (χ1) is 6.00. The summed E-state index contributed by atoms with van der Waals surface area (Å²) < 4.78 is 1.19. The van der Waals surface area contributed by atoms with E-state index in [0.29, 0.717) is 12.0 Å². The Kier molecular flexibility index (Phi) is 3.85. The van der Waals surface area contributed by atoms with Gasteiger partial charge in [-0.05, 0) is 50.5 Å². The van der Waals surface area contributed by atoms with Gasteiger partial charge in [0.2, 0.25) is 0 Å². The van der Waals surface area contributed by atoms with Crippen molar-refractivity contribution >= 4 is 32.1 Å². The first-order valence-electron chi connectivity index (χ1n) is 4.44. The number of amidine groups is 1. The normalized spacial score (nSPS) is 28.8. The summed E-state index contributed by atoms with van der Waals surface area (Å²) in [6.07, 6.45) is 0. The van der Waals surface area contributed by atoms with Crippen LogP contribution in [-0.4, -0.2) is 41.1 Å². The SMILES string of the molecule is CC1=NC(C)C(CN(C)C)C(I)=N1. The molecule has 1 heterocycles. The van der Waals surface area contributed by atoms with E-state index in [4.69, 9.17) is 0 Å². The molecule has 0 aromatic rings. The molecule has 1 aliphatic heterocycles. The summed E-state index contributed by atoms with van der Waals surface area (Å²) in [5, 5.41) is 0. The van der Waals surface area contributed by atoms with Crippen LogP contribution in [0, 0.1) is 5.92 Å². The van der Waals surface area contributed by atoms with Crippen molar-refractivity contribution in [2.75, 3.05) is 20.6 Å². The largest absolute Gasteiger partial charge is 0.309 e. The number of rotatable bonds is 2. The highest BCUT2D eigenvalue weighted by molar-refractivity contribution is 14.1. The summed E-state index contributed by atoms with van der Waals surface area (Å²) in [6, 6.07) is 0.367. The van der Waals surface area contributed by atoms with Crippen molar-refractivity contribution in [3.63, 3.8) is 0 Å². The fourth-order valence-electron chi connectivity index (χ4n) is 1.47. The molecule has 0 amide bonds. The van der Waals surface area contributed by atoms with Gasteiger partial charge < -0.3 is 4.90 Å². The standard InChI is InChI=1S/C9H16IN3/c1-6-8(5-13(3)4)9(10)12-7(2)11-6/h6,8H,5H2,1-4H3. The maximum absolute atomic E-state index is 4.47. The minimum Gasteiger partial charge on any atom is -0.309 e. The second-order valence-corrected chi connectivity index (χ2v) is 4.83. The Labute approximate surface area is 93.5 Å². The number of aliphatic imine (C=N–C) groups is 2. The predicted molar refractivity (Wildman–Crippen MR) is 66.1 cm³/mol. The van der Waals surface area contributed by atoms with Gasteiger partial charge in [-0.2, -0.15) is 0 Å². The van der Waals surface area contributed by atoms with E-state index in [0.717, 1.165) is 12.4 Å². The third kappa shape index (κ3) is 3.02. The zero-order valence-corrected chi connectivity index (χ0v) is 10.7. The lowest BCUT2D eigenvalue weighted by molar-refractivity contribution is 0.350. The van der Waals surface area contributed by atoms with Gasteiger partial charge in [-0.25, -0.2) is 4.99 Å². The lowest BCUT2D eigenvalue weighted by Crippen LogP contribution is -2.35. The van der Waals surface area contributed by atoms with Crippen molar-refractivity contribution in [2.24, 2.45) is 15.9 Å². The molecule has 1 rings (SSSR count). The monoisotopic (exact) mass is 293 g/mol. The summed E-state index contributed by atoms with van der Waals surface area (Å²) in [4.78, 5) is 11.0. The molecule has 74 valence electrons. The van der Waals surface area contributed by atoms with Crippen LogP contribution in [0.3, 0.4) is 0 Å². The minimum atomic E-state index is 0.367. The van der Waals surface area contributed by atoms with Crippen LogP contribution in [0.4, 0.5) is 0 Å². The molecule has 3 nitrogen and oxygen atoms in total. The quantitative estimate of drug-likeness (QED) is 0.714. The van der Waals surface area contributed by atoms with Crippen LogP contribution in [-0.2, 0) is 0 Å². The van der Waals surface area contributed by atoms with Crippen LogP contribution >= 0.6 is 22.6 Å². The first-order valence-corrected chi connectivity index (χ1v) is 5.52. The molecule has 0 fully saturated rings. The number of hydrogen-bond donors (Lipinski definition) is 0. The summed E-state index contributed by atoms with van der Waals surface area (Å²) in [6.45, 7) is 5.14. The molecule has 0 aromatic heterocycles. The van der Waals surface area contributed by atoms with Crippen molar-refractivity contribution in [1.29, 1.82) is 0 Å². The average molecular weight is 293 g/mol. The molecular weight excluding hydrogens is 277 g/mol. The van der Waals surface area contributed by atoms with E-state index in [-0.39, 0.29) is 0 Å². The summed E-state index contributed by atoms with van der Waals surface area (Å²) in [5.74, 6) is 1.38. The lowest BCUT2D eigenvalue weighted by atomic mass is 10.0. The average Bonchev–Trinajstić information content (AvgIpc) is 1.96. The second kappa shape index (κ2) is 4.50. The third-order valence-corrected chi connectivity index (χ3v) is 3.15. The van der Waals surface area contributed by atoms with Crippen molar-refractivity contribution in [3.8, 4) is 0 Å². The second-order valence-electron chi connectivity index (χ2n) is 3.72. The molecule has 2 atom stereocenters. The van der Waals surface area contributed by atoms with Crippen LogP contribution in [0.15, 0.2) is 9.98 Å².